The number of oxazole rings is 1. The highest BCUT2D eigenvalue weighted by molar-refractivity contribution is 6.17. The lowest BCUT2D eigenvalue weighted by Crippen LogP contribution is -2.15. The van der Waals surface area contributed by atoms with Crippen LogP contribution in [0.25, 0.3) is 11.3 Å². The Morgan fingerprint density at radius 2 is 1.86 bits per heavy atom. The molecule has 0 fully saturated rings. The van der Waals surface area contributed by atoms with Crippen molar-refractivity contribution in [2.45, 2.75) is 26.4 Å². The van der Waals surface area contributed by atoms with Crippen LogP contribution in [0.1, 0.15) is 28.9 Å². The topological polar surface area (TPSA) is 67.5 Å². The molecule has 0 spiro atoms. The summed E-state index contributed by atoms with van der Waals surface area (Å²) in [7, 11) is 0. The zero-order valence-electron chi connectivity index (χ0n) is 15.6. The van der Waals surface area contributed by atoms with E-state index in [0.29, 0.717) is 28.4 Å². The summed E-state index contributed by atoms with van der Waals surface area (Å²) in [5.74, 6) is 0.228. The zero-order chi connectivity index (χ0) is 20.8. The summed E-state index contributed by atoms with van der Waals surface area (Å²) >= 11 is 0. The number of nitrogens with zero attached hydrogens (tertiary/aromatic N) is 2. The van der Waals surface area contributed by atoms with Crippen LogP contribution >= 0.6 is 0 Å². The fraction of sp³-hybridized carbons (Fsp3) is 0.190. The van der Waals surface area contributed by atoms with Crippen LogP contribution in [-0.4, -0.2) is 16.6 Å². The fourth-order valence-electron chi connectivity index (χ4n) is 3.32. The van der Waals surface area contributed by atoms with E-state index in [-0.39, 0.29) is 17.7 Å². The highest BCUT2D eigenvalue weighted by atomic mass is 19.4. The molecule has 2 aromatic carbocycles. The molecule has 1 aromatic heterocycles. The van der Waals surface area contributed by atoms with Gasteiger partial charge in [-0.3, -0.25) is 9.79 Å². The number of rotatable bonds is 2. The van der Waals surface area contributed by atoms with Crippen LogP contribution < -0.4 is 5.32 Å². The summed E-state index contributed by atoms with van der Waals surface area (Å²) in [6.07, 6.45) is -3.21. The lowest BCUT2D eigenvalue weighted by atomic mass is 10.0. The van der Waals surface area contributed by atoms with Crippen molar-refractivity contribution in [3.63, 3.8) is 0 Å². The van der Waals surface area contributed by atoms with Gasteiger partial charge in [0.15, 0.2) is 6.39 Å². The van der Waals surface area contributed by atoms with Gasteiger partial charge in [-0.25, -0.2) is 4.98 Å². The number of anilines is 1. The number of carbonyl (C=O) groups is 1. The lowest BCUT2D eigenvalue weighted by Gasteiger charge is -2.13. The maximum Gasteiger partial charge on any atom is 0.416 e. The second kappa shape index (κ2) is 6.88. The monoisotopic (exact) mass is 399 g/mol. The van der Waals surface area contributed by atoms with Crippen LogP contribution in [0.2, 0.25) is 0 Å². The summed E-state index contributed by atoms with van der Waals surface area (Å²) in [5.41, 5.74) is 2.21. The number of halogens is 3. The lowest BCUT2D eigenvalue weighted by molar-refractivity contribution is -0.138. The van der Waals surface area contributed by atoms with Crippen LogP contribution in [0.5, 0.6) is 0 Å². The highest BCUT2D eigenvalue weighted by Gasteiger charge is 2.34. The number of fused-ring (bicyclic) bond motifs is 1. The van der Waals surface area contributed by atoms with E-state index in [1.54, 1.807) is 13.0 Å². The molecule has 1 aliphatic heterocycles. The van der Waals surface area contributed by atoms with Crippen molar-refractivity contribution in [1.82, 2.24) is 4.98 Å². The first-order valence-corrected chi connectivity index (χ1v) is 8.82. The van der Waals surface area contributed by atoms with Gasteiger partial charge in [0, 0.05) is 5.56 Å². The molecule has 148 valence electrons. The maximum atomic E-state index is 13.2. The molecule has 8 heteroatoms. The Balaban J connectivity index is 1.81. The molecule has 4 rings (SSSR count). The molecule has 1 N–H and O–H groups in total. The number of alkyl halides is 3. The van der Waals surface area contributed by atoms with E-state index < -0.39 is 17.6 Å². The average Bonchev–Trinajstić information content (AvgIpc) is 3.00. The molecule has 29 heavy (non-hydrogen) atoms. The van der Waals surface area contributed by atoms with Gasteiger partial charge in [0.05, 0.1) is 29.1 Å². The van der Waals surface area contributed by atoms with E-state index in [2.05, 4.69) is 15.3 Å². The van der Waals surface area contributed by atoms with Crippen molar-refractivity contribution in [1.29, 1.82) is 0 Å². The Kier molecular flexibility index (Phi) is 4.49. The molecule has 1 amide bonds. The first kappa shape index (κ1) is 18.9. The average molecular weight is 399 g/mol. The quantitative estimate of drug-likeness (QED) is 0.624. The first-order valence-electron chi connectivity index (χ1n) is 8.82. The minimum Gasteiger partial charge on any atom is -0.448 e. The molecule has 0 radical (unpaired) electrons. The number of hydrogen-bond donors (Lipinski definition) is 1. The van der Waals surface area contributed by atoms with Gasteiger partial charge in [-0.1, -0.05) is 18.2 Å². The Bertz CT molecular complexity index is 1150. The molecule has 5 nitrogen and oxygen atoms in total. The van der Waals surface area contributed by atoms with Gasteiger partial charge in [-0.15, -0.1) is 0 Å². The molecular formula is C21H16F3N3O2. The minimum atomic E-state index is -4.51. The Morgan fingerprint density at radius 3 is 2.55 bits per heavy atom. The van der Waals surface area contributed by atoms with Crippen molar-refractivity contribution >= 4 is 23.0 Å². The largest absolute Gasteiger partial charge is 0.448 e. The number of benzene rings is 2. The summed E-state index contributed by atoms with van der Waals surface area (Å²) in [6, 6.07) is 9.58. The van der Waals surface area contributed by atoms with Crippen molar-refractivity contribution < 1.29 is 22.4 Å². The highest BCUT2D eigenvalue weighted by Crippen LogP contribution is 2.39. The van der Waals surface area contributed by atoms with E-state index in [1.165, 1.54) is 19.4 Å². The Hall–Kier alpha value is -3.42. The fourth-order valence-corrected chi connectivity index (χ4v) is 3.32. The summed E-state index contributed by atoms with van der Waals surface area (Å²) < 4.78 is 44.9. The van der Waals surface area contributed by atoms with E-state index in [0.717, 1.165) is 11.6 Å². The number of hydrogen-bond acceptors (Lipinski definition) is 4. The predicted molar refractivity (Wildman–Crippen MR) is 102 cm³/mol. The minimum absolute atomic E-state index is 0.0440. The normalized spacial score (nSPS) is 14.1. The third kappa shape index (κ3) is 3.65. The molecule has 0 saturated heterocycles. The van der Waals surface area contributed by atoms with Crippen molar-refractivity contribution in [3.8, 4) is 11.3 Å². The summed E-state index contributed by atoms with van der Waals surface area (Å²) in [4.78, 5) is 21.0. The van der Waals surface area contributed by atoms with Crippen LogP contribution in [0.15, 0.2) is 52.2 Å². The number of aryl methyl sites for hydroxylation is 2. The SMILES string of the molecule is Cc1cc2c(cc1C(F)(F)F)NC(=O)CC(c1cccc(-c3ncoc3C)c1)=N2. The molecular weight excluding hydrogens is 383 g/mol. The molecule has 2 heterocycles. The number of amides is 1. The molecule has 0 bridgehead atoms. The maximum absolute atomic E-state index is 13.2. The molecule has 0 saturated carbocycles. The zero-order valence-corrected chi connectivity index (χ0v) is 15.6. The van der Waals surface area contributed by atoms with E-state index in [4.69, 9.17) is 4.42 Å². The van der Waals surface area contributed by atoms with E-state index in [1.807, 2.05) is 18.2 Å². The number of aromatic nitrogens is 1. The number of carbonyl (C=O) groups excluding carboxylic acids is 1. The molecule has 3 aromatic rings. The standard InChI is InChI=1S/C21H16F3N3O2/c1-11-6-17-18(8-15(11)21(22,23)24)27-19(28)9-16(26-17)13-4-3-5-14(7-13)20-12(2)29-10-25-20/h3-8,10H,9H2,1-2H3,(H,27,28). The van der Waals surface area contributed by atoms with Crippen LogP contribution in [0.3, 0.4) is 0 Å². The second-order valence-electron chi connectivity index (χ2n) is 6.80. The van der Waals surface area contributed by atoms with E-state index in [9.17, 15) is 18.0 Å². The second-order valence-corrected chi connectivity index (χ2v) is 6.80. The van der Waals surface area contributed by atoms with Gasteiger partial charge >= 0.3 is 6.18 Å². The van der Waals surface area contributed by atoms with Crippen LogP contribution in [0.4, 0.5) is 24.5 Å². The van der Waals surface area contributed by atoms with Gasteiger partial charge in [-0.2, -0.15) is 13.2 Å². The summed E-state index contributed by atoms with van der Waals surface area (Å²) in [6.45, 7) is 3.17. The Labute approximate surface area is 164 Å². The molecule has 0 aliphatic carbocycles. The smallest absolute Gasteiger partial charge is 0.416 e. The van der Waals surface area contributed by atoms with Gasteiger partial charge in [0.1, 0.15) is 11.5 Å². The van der Waals surface area contributed by atoms with Crippen molar-refractivity contribution in [3.05, 3.63) is 65.2 Å². The van der Waals surface area contributed by atoms with Gasteiger partial charge in [0.2, 0.25) is 5.91 Å². The third-order valence-corrected chi connectivity index (χ3v) is 4.72. The van der Waals surface area contributed by atoms with Gasteiger partial charge in [0.25, 0.3) is 0 Å². The third-order valence-electron chi connectivity index (χ3n) is 4.72. The van der Waals surface area contributed by atoms with Gasteiger partial charge < -0.3 is 9.73 Å². The molecule has 0 atom stereocenters. The van der Waals surface area contributed by atoms with Crippen molar-refractivity contribution in [2.75, 3.05) is 5.32 Å². The van der Waals surface area contributed by atoms with E-state index >= 15 is 0 Å². The first-order chi connectivity index (χ1) is 13.7. The van der Waals surface area contributed by atoms with Gasteiger partial charge in [-0.05, 0) is 43.2 Å². The predicted octanol–water partition coefficient (Wildman–Crippen LogP) is 5.44. The molecule has 1 aliphatic rings. The number of nitrogens with one attached hydrogen (secondary N) is 1. The van der Waals surface area contributed by atoms with Crippen molar-refractivity contribution in [2.24, 2.45) is 4.99 Å². The summed E-state index contributed by atoms with van der Waals surface area (Å²) in [5, 5.41) is 2.53. The number of aliphatic imine (C=N–C) groups is 1. The van der Waals surface area contributed by atoms with Crippen LogP contribution in [-0.2, 0) is 11.0 Å². The molecule has 0 unspecified atom stereocenters. The Morgan fingerprint density at radius 1 is 1.10 bits per heavy atom. The van der Waals surface area contributed by atoms with Crippen LogP contribution in [0, 0.1) is 13.8 Å².